The molecule has 0 amide bonds. The fourth-order valence-corrected chi connectivity index (χ4v) is 22.1. The van der Waals surface area contributed by atoms with Crippen molar-refractivity contribution in [2.45, 2.75) is 64.7 Å². The van der Waals surface area contributed by atoms with Gasteiger partial charge < -0.3 is 0 Å². The summed E-state index contributed by atoms with van der Waals surface area (Å²) in [5.74, 6) is 0. The van der Waals surface area contributed by atoms with Crippen molar-refractivity contribution in [3.63, 3.8) is 0 Å². The normalized spacial score (nSPS) is 15.3. The van der Waals surface area contributed by atoms with E-state index in [-0.39, 0.29) is 10.8 Å². The van der Waals surface area contributed by atoms with Gasteiger partial charge in [0.05, 0.1) is 22.4 Å². The van der Waals surface area contributed by atoms with Gasteiger partial charge in [-0.3, -0.25) is 0 Å². The molecule has 0 N–H and O–H groups in total. The van der Waals surface area contributed by atoms with Crippen LogP contribution in [-0.4, -0.2) is 26.1 Å². The first-order valence-corrected chi connectivity index (χ1v) is 36.6. The molecule has 0 bridgehead atoms. The molecule has 0 saturated carbocycles. The quantitative estimate of drug-likeness (QED) is 0.122. The van der Waals surface area contributed by atoms with Gasteiger partial charge in [-0.05, 0) is 157 Å². The average molecular weight is 1130 g/mol. The predicted octanol–water partition coefficient (Wildman–Crippen LogP) is 19.0. The SMILES string of the molecule is CC1(C)c2ccccc2-c2ccc(-c3cc4ccc5cc(-c6ccc7c(c6)C(C)(C)c6ccccc6-7)c(-c6ccc(-c7ccc8c(c7)-c7ccccc7[Si]8(C)C)cc6)nc5c4nc3-c3ccc(-c4ccc5c(c4)-c4ccccc4[Si]5(C)C)cc3)cc21. The zero-order chi connectivity index (χ0) is 58.2. The minimum Gasteiger partial charge on any atom is -0.245 e. The molecule has 2 aliphatic carbocycles. The van der Waals surface area contributed by atoms with E-state index in [0.717, 1.165) is 66.6 Å². The van der Waals surface area contributed by atoms with Gasteiger partial charge in [-0.2, -0.15) is 0 Å². The molecule has 2 aromatic heterocycles. The third kappa shape index (κ3) is 7.30. The Morgan fingerprint density at radius 3 is 0.988 bits per heavy atom. The monoisotopic (exact) mass is 1130 g/mol. The summed E-state index contributed by atoms with van der Waals surface area (Å²) < 4.78 is 0. The van der Waals surface area contributed by atoms with Crippen molar-refractivity contribution in [3.8, 4) is 112 Å². The number of benzene rings is 11. The van der Waals surface area contributed by atoms with Gasteiger partial charge in [-0.15, -0.1) is 0 Å². The van der Waals surface area contributed by atoms with E-state index < -0.39 is 16.1 Å². The highest BCUT2D eigenvalue weighted by atomic mass is 28.3. The lowest BCUT2D eigenvalue weighted by molar-refractivity contribution is 0.660. The highest BCUT2D eigenvalue weighted by Crippen LogP contribution is 2.52. The number of hydrogen-bond donors (Lipinski definition) is 0. The van der Waals surface area contributed by atoms with Gasteiger partial charge in [0.25, 0.3) is 0 Å². The zero-order valence-corrected chi connectivity index (χ0v) is 52.0. The van der Waals surface area contributed by atoms with Gasteiger partial charge in [-0.1, -0.05) is 260 Å². The van der Waals surface area contributed by atoms with E-state index in [1.807, 2.05) is 0 Å². The van der Waals surface area contributed by atoms with Gasteiger partial charge >= 0.3 is 0 Å². The largest absolute Gasteiger partial charge is 0.245 e. The topological polar surface area (TPSA) is 25.8 Å². The molecule has 0 saturated heterocycles. The number of nitrogens with zero attached hydrogens (tertiary/aromatic N) is 2. The number of pyridine rings is 2. The molecule has 4 heterocycles. The molecule has 86 heavy (non-hydrogen) atoms. The number of hydrogen-bond acceptors (Lipinski definition) is 2. The minimum atomic E-state index is -1.78. The molecule has 0 unspecified atom stereocenters. The molecule has 410 valence electrons. The van der Waals surface area contributed by atoms with Crippen LogP contribution < -0.4 is 20.7 Å². The summed E-state index contributed by atoms with van der Waals surface area (Å²) in [6.45, 7) is 19.4. The highest BCUT2D eigenvalue weighted by Gasteiger charge is 2.40. The molecular weight excluding hydrogens is 1070 g/mol. The van der Waals surface area contributed by atoms with Crippen molar-refractivity contribution >= 4 is 58.7 Å². The zero-order valence-electron chi connectivity index (χ0n) is 50.0. The molecular formula is C82H64N2Si2. The Balaban J connectivity index is 0.843. The van der Waals surface area contributed by atoms with Crippen molar-refractivity contribution in [2.24, 2.45) is 0 Å². The van der Waals surface area contributed by atoms with Crippen LogP contribution >= 0.6 is 0 Å². The van der Waals surface area contributed by atoms with Crippen LogP contribution in [0, 0.1) is 0 Å². The van der Waals surface area contributed by atoms with Crippen LogP contribution in [0.15, 0.2) is 243 Å². The summed E-state index contributed by atoms with van der Waals surface area (Å²) in [6, 6.07) is 92.2. The summed E-state index contributed by atoms with van der Waals surface area (Å²) in [6.07, 6.45) is 0. The molecule has 0 fully saturated rings. The summed E-state index contributed by atoms with van der Waals surface area (Å²) in [5.41, 5.74) is 31.2. The van der Waals surface area contributed by atoms with Gasteiger partial charge in [0.15, 0.2) is 0 Å². The van der Waals surface area contributed by atoms with Gasteiger partial charge in [-0.25, -0.2) is 9.97 Å². The smallest absolute Gasteiger partial charge is 0.113 e. The molecule has 17 rings (SSSR count). The average Bonchev–Trinajstić information content (AvgIpc) is 1.93. The number of rotatable bonds is 6. The Bertz CT molecular complexity index is 4780. The maximum absolute atomic E-state index is 5.89. The van der Waals surface area contributed by atoms with Crippen LogP contribution in [0.25, 0.3) is 133 Å². The molecule has 2 nitrogen and oxygen atoms in total. The van der Waals surface area contributed by atoms with Gasteiger partial charge in [0, 0.05) is 43.9 Å². The Labute approximate surface area is 506 Å². The van der Waals surface area contributed by atoms with E-state index >= 15 is 0 Å². The van der Waals surface area contributed by atoms with E-state index in [1.165, 1.54) is 110 Å². The Hall–Kier alpha value is -9.33. The van der Waals surface area contributed by atoms with E-state index in [9.17, 15) is 0 Å². The van der Waals surface area contributed by atoms with Crippen LogP contribution in [0.1, 0.15) is 49.9 Å². The van der Waals surface area contributed by atoms with E-state index in [0.29, 0.717) is 0 Å². The predicted molar refractivity (Wildman–Crippen MR) is 369 cm³/mol. The minimum absolute atomic E-state index is 0.154. The van der Waals surface area contributed by atoms with Crippen LogP contribution in [0.4, 0.5) is 0 Å². The van der Waals surface area contributed by atoms with Gasteiger partial charge in [0.1, 0.15) is 16.1 Å². The van der Waals surface area contributed by atoms with E-state index in [2.05, 4.69) is 297 Å². The van der Waals surface area contributed by atoms with Crippen molar-refractivity contribution in [1.82, 2.24) is 9.97 Å². The molecule has 13 aromatic rings. The maximum Gasteiger partial charge on any atom is 0.113 e. The molecule has 2 aliphatic heterocycles. The molecule has 0 spiro atoms. The van der Waals surface area contributed by atoms with Gasteiger partial charge in [0.2, 0.25) is 0 Å². The molecule has 0 atom stereocenters. The Kier molecular flexibility index (Phi) is 10.8. The second-order valence-electron chi connectivity index (χ2n) is 26.9. The standard InChI is InChI=1S/C82H64N2Si2/c1-81(2)69-21-13-9-17-59(69)61-39-35-55(47-71(61)81)65-45-57-33-34-58-46-66(56-36-40-62-60-18-10-14-22-70(60)82(3,4)72(62)48-56)78(52-31-27-50(28-32-52)54-38-42-76-68(44-54)64-20-12-16-24-74(64)86(76,7)8)84-80(58)79(57)83-77(65)51-29-25-49(26-30-51)53-37-41-75-67(43-53)63-19-11-15-23-73(63)85(75,5)6/h9-48H,1-8H3. The first-order chi connectivity index (χ1) is 41.6. The Morgan fingerprint density at radius 1 is 0.244 bits per heavy atom. The van der Waals surface area contributed by atoms with Crippen molar-refractivity contribution in [3.05, 3.63) is 265 Å². The van der Waals surface area contributed by atoms with Crippen LogP contribution in [-0.2, 0) is 10.8 Å². The summed E-state index contributed by atoms with van der Waals surface area (Å²) >= 11 is 0. The highest BCUT2D eigenvalue weighted by molar-refractivity contribution is 7.04. The molecule has 11 aromatic carbocycles. The lowest BCUT2D eigenvalue weighted by Gasteiger charge is -2.22. The van der Waals surface area contributed by atoms with Crippen LogP contribution in [0.5, 0.6) is 0 Å². The first-order valence-electron chi connectivity index (χ1n) is 30.6. The number of fused-ring (bicyclic) bond motifs is 15. The third-order valence-electron chi connectivity index (χ3n) is 20.7. The number of aromatic nitrogens is 2. The van der Waals surface area contributed by atoms with Crippen molar-refractivity contribution in [1.29, 1.82) is 0 Å². The lowest BCUT2D eigenvalue weighted by atomic mass is 9.81. The molecule has 0 radical (unpaired) electrons. The van der Waals surface area contributed by atoms with E-state index in [4.69, 9.17) is 9.97 Å². The fraction of sp³-hybridized carbons (Fsp3) is 0.122. The van der Waals surface area contributed by atoms with Crippen molar-refractivity contribution < 1.29 is 0 Å². The summed E-state index contributed by atoms with van der Waals surface area (Å²) in [5, 5.41) is 8.22. The maximum atomic E-state index is 5.89. The summed E-state index contributed by atoms with van der Waals surface area (Å²) in [4.78, 5) is 11.8. The lowest BCUT2D eigenvalue weighted by Crippen LogP contribution is -2.49. The third-order valence-corrected chi connectivity index (χ3v) is 27.8. The summed E-state index contributed by atoms with van der Waals surface area (Å²) in [7, 11) is -3.56. The van der Waals surface area contributed by atoms with Crippen LogP contribution in [0.3, 0.4) is 0 Å². The second-order valence-corrected chi connectivity index (χ2v) is 35.5. The van der Waals surface area contributed by atoms with E-state index in [1.54, 1.807) is 0 Å². The molecule has 4 aliphatic rings. The molecule has 4 heteroatoms. The Morgan fingerprint density at radius 2 is 0.570 bits per heavy atom. The van der Waals surface area contributed by atoms with Crippen molar-refractivity contribution in [2.75, 3.05) is 0 Å². The van der Waals surface area contributed by atoms with Crippen LogP contribution in [0.2, 0.25) is 26.2 Å². The fourth-order valence-electron chi connectivity index (χ4n) is 15.9. The first kappa shape index (κ1) is 51.1. The second kappa shape index (κ2) is 18.1.